The Balaban J connectivity index is 1.87. The number of nitrogens with one attached hydrogen (secondary N) is 1. The van der Waals surface area contributed by atoms with Gasteiger partial charge in [-0.2, -0.15) is 0 Å². The van der Waals surface area contributed by atoms with E-state index in [1.807, 2.05) is 0 Å². The lowest BCUT2D eigenvalue weighted by Crippen LogP contribution is -2.55. The first-order chi connectivity index (χ1) is 12.7. The molecular formula is C19H18ClFN2O4. The Morgan fingerprint density at radius 2 is 1.81 bits per heavy atom. The van der Waals surface area contributed by atoms with Crippen LogP contribution in [0.4, 0.5) is 4.39 Å². The molecule has 6 nitrogen and oxygen atoms in total. The minimum absolute atomic E-state index is 0.0356. The van der Waals surface area contributed by atoms with Crippen molar-refractivity contribution in [3.8, 4) is 11.5 Å². The Morgan fingerprint density at radius 1 is 1.11 bits per heavy atom. The number of fused-ring (bicyclic) bond motifs is 1. The van der Waals surface area contributed by atoms with Crippen LogP contribution < -0.4 is 14.9 Å². The Hall–Kier alpha value is -2.80. The third kappa shape index (κ3) is 3.98. The molecule has 0 saturated heterocycles. The van der Waals surface area contributed by atoms with Crippen molar-refractivity contribution in [2.75, 3.05) is 6.79 Å². The molecule has 1 N–H and O–H groups in total. The molecule has 142 valence electrons. The topological polar surface area (TPSA) is 67.9 Å². The predicted octanol–water partition coefficient (Wildman–Crippen LogP) is 3.79. The maximum Gasteiger partial charge on any atom is 0.274 e. The van der Waals surface area contributed by atoms with Crippen molar-refractivity contribution in [2.45, 2.75) is 26.3 Å². The maximum atomic E-state index is 13.3. The molecule has 0 radical (unpaired) electrons. The van der Waals surface area contributed by atoms with Gasteiger partial charge < -0.3 is 9.47 Å². The highest BCUT2D eigenvalue weighted by molar-refractivity contribution is 6.33. The summed E-state index contributed by atoms with van der Waals surface area (Å²) in [5.41, 5.74) is 2.22. The van der Waals surface area contributed by atoms with Gasteiger partial charge in [0.1, 0.15) is 5.82 Å². The number of hydrogen-bond donors (Lipinski definition) is 1. The molecule has 0 unspecified atom stereocenters. The number of nitrogens with zero attached hydrogens (tertiary/aromatic N) is 1. The van der Waals surface area contributed by atoms with Crippen LogP contribution in [-0.4, -0.2) is 29.2 Å². The van der Waals surface area contributed by atoms with E-state index in [1.54, 1.807) is 32.9 Å². The summed E-state index contributed by atoms with van der Waals surface area (Å²) in [7, 11) is 0. The van der Waals surface area contributed by atoms with Gasteiger partial charge in [0.05, 0.1) is 16.1 Å². The molecule has 0 saturated carbocycles. The molecule has 27 heavy (non-hydrogen) atoms. The number of carbonyl (C=O) groups is 2. The predicted molar refractivity (Wildman–Crippen MR) is 97.4 cm³/mol. The SMILES string of the molecule is CC(C)(C)N(NC(=O)c1ccc2c(c1)OCO2)C(=O)c1ccc(F)cc1Cl. The molecule has 8 heteroatoms. The molecule has 2 aromatic carbocycles. The van der Waals surface area contributed by atoms with Crippen molar-refractivity contribution in [3.05, 3.63) is 58.4 Å². The molecule has 1 aliphatic rings. The average Bonchev–Trinajstić information content (AvgIpc) is 3.05. The number of amides is 2. The number of hydrazine groups is 1. The molecule has 2 amide bonds. The van der Waals surface area contributed by atoms with Crippen LogP contribution in [0.2, 0.25) is 5.02 Å². The highest BCUT2D eigenvalue weighted by Gasteiger charge is 2.31. The van der Waals surface area contributed by atoms with E-state index < -0.39 is 23.2 Å². The van der Waals surface area contributed by atoms with Gasteiger partial charge in [0.25, 0.3) is 11.8 Å². The average molecular weight is 393 g/mol. The highest BCUT2D eigenvalue weighted by atomic mass is 35.5. The van der Waals surface area contributed by atoms with Crippen LogP contribution in [0.1, 0.15) is 41.5 Å². The fraction of sp³-hybridized carbons (Fsp3) is 0.263. The smallest absolute Gasteiger partial charge is 0.274 e. The quantitative estimate of drug-likeness (QED) is 0.789. The van der Waals surface area contributed by atoms with E-state index in [0.717, 1.165) is 12.1 Å². The fourth-order valence-electron chi connectivity index (χ4n) is 2.51. The Kier molecular flexibility index (Phi) is 4.97. The van der Waals surface area contributed by atoms with Gasteiger partial charge >= 0.3 is 0 Å². The number of benzene rings is 2. The van der Waals surface area contributed by atoms with Crippen LogP contribution in [0.3, 0.4) is 0 Å². The molecule has 0 fully saturated rings. The van der Waals surface area contributed by atoms with Gasteiger partial charge in [0.2, 0.25) is 6.79 Å². The fourth-order valence-corrected chi connectivity index (χ4v) is 2.76. The van der Waals surface area contributed by atoms with E-state index in [2.05, 4.69) is 5.43 Å². The van der Waals surface area contributed by atoms with Crippen LogP contribution in [0.5, 0.6) is 11.5 Å². The van der Waals surface area contributed by atoms with E-state index in [-0.39, 0.29) is 17.4 Å². The summed E-state index contributed by atoms with van der Waals surface area (Å²) in [6.07, 6.45) is 0. The van der Waals surface area contributed by atoms with Crippen LogP contribution >= 0.6 is 11.6 Å². The summed E-state index contributed by atoms with van der Waals surface area (Å²) in [5.74, 6) is -0.606. The van der Waals surface area contributed by atoms with Gasteiger partial charge in [0, 0.05) is 5.56 Å². The normalized spacial score (nSPS) is 12.6. The molecule has 0 aliphatic carbocycles. The minimum atomic E-state index is -0.763. The van der Waals surface area contributed by atoms with Gasteiger partial charge in [-0.15, -0.1) is 0 Å². The van der Waals surface area contributed by atoms with Gasteiger partial charge in [0.15, 0.2) is 11.5 Å². The number of halogens is 2. The third-order valence-electron chi connectivity index (χ3n) is 3.88. The molecule has 0 bridgehead atoms. The van der Waals surface area contributed by atoms with Crippen molar-refractivity contribution in [3.63, 3.8) is 0 Å². The largest absolute Gasteiger partial charge is 0.454 e. The summed E-state index contributed by atoms with van der Waals surface area (Å²) in [4.78, 5) is 25.6. The number of carbonyl (C=O) groups excluding carboxylic acids is 2. The van der Waals surface area contributed by atoms with Gasteiger partial charge in [-0.05, 0) is 57.2 Å². The highest BCUT2D eigenvalue weighted by Crippen LogP contribution is 2.32. The summed E-state index contributed by atoms with van der Waals surface area (Å²) >= 11 is 6.01. The zero-order chi connectivity index (χ0) is 19.8. The standard InChI is InChI=1S/C19H18ClFN2O4/c1-19(2,3)23(18(25)13-6-5-12(21)9-14(13)20)22-17(24)11-4-7-15-16(8-11)27-10-26-15/h4-9H,10H2,1-3H3,(H,22,24). The summed E-state index contributed by atoms with van der Waals surface area (Å²) < 4.78 is 23.8. The Labute approximate surface area is 160 Å². The number of hydrogen-bond acceptors (Lipinski definition) is 4. The molecule has 2 aromatic rings. The van der Waals surface area contributed by atoms with Crippen molar-refractivity contribution in [1.82, 2.24) is 10.4 Å². The number of rotatable bonds is 2. The summed E-state index contributed by atoms with van der Waals surface area (Å²) in [5, 5.41) is 1.13. The molecule has 0 aromatic heterocycles. The second-order valence-corrected chi connectivity index (χ2v) is 7.35. The molecule has 3 rings (SSSR count). The molecule has 1 aliphatic heterocycles. The molecule has 0 spiro atoms. The first kappa shape index (κ1) is 19.0. The van der Waals surface area contributed by atoms with Gasteiger partial charge in [-0.25, -0.2) is 9.40 Å². The molecule has 0 atom stereocenters. The molecular weight excluding hydrogens is 375 g/mol. The van der Waals surface area contributed by atoms with Crippen LogP contribution in [0.25, 0.3) is 0 Å². The first-order valence-electron chi connectivity index (χ1n) is 8.17. The van der Waals surface area contributed by atoms with Crippen LogP contribution in [-0.2, 0) is 0 Å². The third-order valence-corrected chi connectivity index (χ3v) is 4.20. The summed E-state index contributed by atoms with van der Waals surface area (Å²) in [6, 6.07) is 8.20. The second kappa shape index (κ2) is 7.08. The van der Waals surface area contributed by atoms with Crippen molar-refractivity contribution < 1.29 is 23.5 Å². The van der Waals surface area contributed by atoms with Crippen molar-refractivity contribution >= 4 is 23.4 Å². The first-order valence-corrected chi connectivity index (χ1v) is 8.55. The second-order valence-electron chi connectivity index (χ2n) is 6.94. The Morgan fingerprint density at radius 3 is 2.48 bits per heavy atom. The van der Waals surface area contributed by atoms with E-state index >= 15 is 0 Å². The lowest BCUT2D eigenvalue weighted by molar-refractivity contribution is 0.0358. The van der Waals surface area contributed by atoms with E-state index in [9.17, 15) is 14.0 Å². The van der Waals surface area contributed by atoms with Crippen LogP contribution in [0, 0.1) is 5.82 Å². The van der Waals surface area contributed by atoms with Crippen molar-refractivity contribution in [1.29, 1.82) is 0 Å². The zero-order valence-electron chi connectivity index (χ0n) is 15.0. The Bertz CT molecular complexity index is 911. The lowest BCUT2D eigenvalue weighted by atomic mass is 10.1. The van der Waals surface area contributed by atoms with Crippen LogP contribution in [0.15, 0.2) is 36.4 Å². The lowest BCUT2D eigenvalue weighted by Gasteiger charge is -2.35. The number of ether oxygens (including phenoxy) is 2. The monoisotopic (exact) mass is 392 g/mol. The summed E-state index contributed by atoms with van der Waals surface area (Å²) in [6.45, 7) is 5.35. The van der Waals surface area contributed by atoms with Gasteiger partial charge in [-0.3, -0.25) is 15.0 Å². The molecule has 1 heterocycles. The zero-order valence-corrected chi connectivity index (χ0v) is 15.8. The minimum Gasteiger partial charge on any atom is -0.454 e. The van der Waals surface area contributed by atoms with E-state index in [4.69, 9.17) is 21.1 Å². The van der Waals surface area contributed by atoms with E-state index in [1.165, 1.54) is 17.1 Å². The van der Waals surface area contributed by atoms with E-state index in [0.29, 0.717) is 17.1 Å². The van der Waals surface area contributed by atoms with Crippen molar-refractivity contribution in [2.24, 2.45) is 0 Å². The maximum absolute atomic E-state index is 13.3. The van der Waals surface area contributed by atoms with Gasteiger partial charge in [-0.1, -0.05) is 11.6 Å².